The largest absolute Gasteiger partial charge is 0.382 e. The zero-order valence-electron chi connectivity index (χ0n) is 16.8. The molecule has 1 aliphatic rings. The summed E-state index contributed by atoms with van der Waals surface area (Å²) in [7, 11) is 0. The molecule has 0 spiro atoms. The number of carbonyl (C=O) groups excluding carboxylic acids is 2. The molecule has 0 radical (unpaired) electrons. The average molecular weight is 401 g/mol. The molecular weight excluding hydrogens is 378 g/mol. The molecule has 1 amide bonds. The van der Waals surface area contributed by atoms with E-state index in [2.05, 4.69) is 23.0 Å². The van der Waals surface area contributed by atoms with Crippen LogP contribution in [0.1, 0.15) is 31.7 Å². The molecule has 3 aromatic rings. The van der Waals surface area contributed by atoms with Gasteiger partial charge in [-0.05, 0) is 43.9 Å². The van der Waals surface area contributed by atoms with E-state index in [1.165, 1.54) is 0 Å². The Kier molecular flexibility index (Phi) is 5.18. The molecule has 0 saturated carbocycles. The first-order valence-electron chi connectivity index (χ1n) is 9.82. The van der Waals surface area contributed by atoms with Crippen LogP contribution in [-0.2, 0) is 9.59 Å². The van der Waals surface area contributed by atoms with Crippen molar-refractivity contribution in [2.45, 2.75) is 26.2 Å². The van der Waals surface area contributed by atoms with Gasteiger partial charge in [0, 0.05) is 40.7 Å². The van der Waals surface area contributed by atoms with E-state index in [1.54, 1.807) is 23.8 Å². The number of rotatable bonds is 5. The fourth-order valence-electron chi connectivity index (χ4n) is 3.69. The first-order valence-corrected chi connectivity index (χ1v) is 9.82. The van der Waals surface area contributed by atoms with E-state index >= 15 is 0 Å². The van der Waals surface area contributed by atoms with Gasteiger partial charge in [0.05, 0.1) is 0 Å². The predicted molar refractivity (Wildman–Crippen MR) is 118 cm³/mol. The number of hydrogen-bond acceptors (Lipinski definition) is 5. The van der Waals surface area contributed by atoms with E-state index in [1.807, 2.05) is 24.3 Å². The van der Waals surface area contributed by atoms with Crippen LogP contribution >= 0.6 is 0 Å². The summed E-state index contributed by atoms with van der Waals surface area (Å²) in [6, 6.07) is 7.51. The molecule has 1 aliphatic carbocycles. The Balaban J connectivity index is 1.78. The maximum Gasteiger partial charge on any atom is 0.250 e. The molecule has 3 N–H and O–H groups in total. The number of nitrogens with zero attached hydrogens (tertiary/aromatic N) is 3. The third-order valence-corrected chi connectivity index (χ3v) is 5.34. The van der Waals surface area contributed by atoms with Crippen LogP contribution in [0, 0.1) is 5.92 Å². The Bertz CT molecular complexity index is 1170. The van der Waals surface area contributed by atoms with Crippen LogP contribution in [0.4, 0.5) is 11.5 Å². The van der Waals surface area contributed by atoms with Gasteiger partial charge in [0.15, 0.2) is 0 Å². The molecule has 0 aliphatic heterocycles. The van der Waals surface area contributed by atoms with Crippen molar-refractivity contribution >= 4 is 34.8 Å². The monoisotopic (exact) mass is 401 g/mol. The topological polar surface area (TPSA) is 102 Å². The van der Waals surface area contributed by atoms with E-state index in [0.29, 0.717) is 23.5 Å². The molecule has 2 aromatic heterocycles. The number of benzene rings is 1. The molecule has 1 unspecified atom stereocenters. The Morgan fingerprint density at radius 1 is 1.33 bits per heavy atom. The number of nitrogens with one attached hydrogen (secondary N) is 1. The SMILES string of the molecule is C=C(C)C(=O)Nc1ccc(-c2nn3ccnc(N)c3c2C2=CCC(C=O)CC2)cc1. The van der Waals surface area contributed by atoms with Crippen molar-refractivity contribution in [1.29, 1.82) is 0 Å². The average Bonchev–Trinajstić information content (AvgIpc) is 3.15. The molecule has 0 fully saturated rings. The minimum atomic E-state index is -0.216. The highest BCUT2D eigenvalue weighted by Gasteiger charge is 2.23. The number of aromatic nitrogens is 3. The van der Waals surface area contributed by atoms with Crippen LogP contribution in [0.25, 0.3) is 22.3 Å². The van der Waals surface area contributed by atoms with E-state index in [4.69, 9.17) is 10.8 Å². The lowest BCUT2D eigenvalue weighted by Gasteiger charge is -2.18. The molecular formula is C23H23N5O2. The molecule has 7 nitrogen and oxygen atoms in total. The summed E-state index contributed by atoms with van der Waals surface area (Å²) in [5.74, 6) is 0.257. The molecule has 0 bridgehead atoms. The molecule has 1 atom stereocenters. The number of nitrogens with two attached hydrogens (primary N) is 1. The van der Waals surface area contributed by atoms with Gasteiger partial charge in [-0.25, -0.2) is 9.50 Å². The van der Waals surface area contributed by atoms with Crippen molar-refractivity contribution in [2.75, 3.05) is 11.1 Å². The fourth-order valence-corrected chi connectivity index (χ4v) is 3.69. The highest BCUT2D eigenvalue weighted by Crippen LogP contribution is 2.39. The van der Waals surface area contributed by atoms with E-state index < -0.39 is 0 Å². The number of allylic oxidation sites excluding steroid dienone is 2. The Labute approximate surface area is 174 Å². The Morgan fingerprint density at radius 2 is 2.10 bits per heavy atom. The van der Waals surface area contributed by atoms with Crippen molar-refractivity contribution in [3.05, 3.63) is 60.5 Å². The number of fused-ring (bicyclic) bond motifs is 1. The number of anilines is 2. The minimum absolute atomic E-state index is 0.0609. The van der Waals surface area contributed by atoms with Crippen LogP contribution < -0.4 is 11.1 Å². The van der Waals surface area contributed by atoms with E-state index in [-0.39, 0.29) is 11.8 Å². The van der Waals surface area contributed by atoms with Crippen LogP contribution in [0.2, 0.25) is 0 Å². The number of carbonyl (C=O) groups is 2. The number of amides is 1. The van der Waals surface area contributed by atoms with Gasteiger partial charge in [-0.1, -0.05) is 24.8 Å². The standard InChI is InChI=1S/C23H23N5O2/c1-14(2)23(30)26-18-9-7-17(8-10-18)20-19(16-5-3-15(13-29)4-6-16)21-22(24)25-11-12-28(21)27-20/h5,7-13,15H,1,3-4,6H2,2H3,(H2,24,25)(H,26,30). The van der Waals surface area contributed by atoms with Crippen LogP contribution in [0.3, 0.4) is 0 Å². The van der Waals surface area contributed by atoms with Gasteiger partial charge in [0.1, 0.15) is 23.3 Å². The van der Waals surface area contributed by atoms with Crippen molar-refractivity contribution in [1.82, 2.24) is 14.6 Å². The van der Waals surface area contributed by atoms with Crippen LogP contribution in [0.15, 0.2) is 54.9 Å². The summed E-state index contributed by atoms with van der Waals surface area (Å²) in [5.41, 5.74) is 11.9. The van der Waals surface area contributed by atoms with Gasteiger partial charge >= 0.3 is 0 Å². The summed E-state index contributed by atoms with van der Waals surface area (Å²) in [4.78, 5) is 27.2. The summed E-state index contributed by atoms with van der Waals surface area (Å²) in [6.07, 6.45) is 8.82. The number of aldehydes is 1. The summed E-state index contributed by atoms with van der Waals surface area (Å²) >= 11 is 0. The lowest BCUT2D eigenvalue weighted by Crippen LogP contribution is -2.11. The smallest absolute Gasteiger partial charge is 0.250 e. The molecule has 2 heterocycles. The van der Waals surface area contributed by atoms with Gasteiger partial charge in [0.25, 0.3) is 5.91 Å². The van der Waals surface area contributed by atoms with Crippen molar-refractivity contribution in [2.24, 2.45) is 5.92 Å². The fraction of sp³-hybridized carbons (Fsp3) is 0.217. The number of nitrogen functional groups attached to an aromatic ring is 1. The van der Waals surface area contributed by atoms with Gasteiger partial charge < -0.3 is 15.8 Å². The molecule has 30 heavy (non-hydrogen) atoms. The van der Waals surface area contributed by atoms with E-state index in [9.17, 15) is 9.59 Å². The Hall–Kier alpha value is -3.74. The zero-order valence-corrected chi connectivity index (χ0v) is 16.8. The molecule has 7 heteroatoms. The van der Waals surface area contributed by atoms with Crippen LogP contribution in [-0.4, -0.2) is 26.8 Å². The summed E-state index contributed by atoms with van der Waals surface area (Å²) < 4.78 is 1.75. The highest BCUT2D eigenvalue weighted by molar-refractivity contribution is 6.03. The Morgan fingerprint density at radius 3 is 2.73 bits per heavy atom. The highest BCUT2D eigenvalue weighted by atomic mass is 16.1. The summed E-state index contributed by atoms with van der Waals surface area (Å²) in [6.45, 7) is 5.32. The van der Waals surface area contributed by atoms with Gasteiger partial charge in [0.2, 0.25) is 0 Å². The number of hydrogen-bond donors (Lipinski definition) is 2. The summed E-state index contributed by atoms with van der Waals surface area (Å²) in [5, 5.41) is 7.57. The zero-order chi connectivity index (χ0) is 21.3. The second kappa shape index (κ2) is 7.94. The molecule has 1 aromatic carbocycles. The van der Waals surface area contributed by atoms with Crippen LogP contribution in [0.5, 0.6) is 0 Å². The van der Waals surface area contributed by atoms with Crippen molar-refractivity contribution in [3.8, 4) is 11.3 Å². The maximum atomic E-state index is 11.9. The first kappa shape index (κ1) is 19.6. The van der Waals surface area contributed by atoms with Gasteiger partial charge in [-0.2, -0.15) is 5.10 Å². The second-order valence-corrected chi connectivity index (χ2v) is 7.54. The molecule has 0 saturated heterocycles. The second-order valence-electron chi connectivity index (χ2n) is 7.54. The van der Waals surface area contributed by atoms with Gasteiger partial charge in [-0.15, -0.1) is 0 Å². The van der Waals surface area contributed by atoms with Crippen molar-refractivity contribution in [3.63, 3.8) is 0 Å². The van der Waals surface area contributed by atoms with Gasteiger partial charge in [-0.3, -0.25) is 4.79 Å². The third-order valence-electron chi connectivity index (χ3n) is 5.34. The lowest BCUT2D eigenvalue weighted by atomic mass is 9.86. The minimum Gasteiger partial charge on any atom is -0.382 e. The quantitative estimate of drug-likeness (QED) is 0.499. The maximum absolute atomic E-state index is 11.9. The lowest BCUT2D eigenvalue weighted by molar-refractivity contribution is -0.113. The van der Waals surface area contributed by atoms with E-state index in [0.717, 1.165) is 47.0 Å². The third kappa shape index (κ3) is 3.61. The van der Waals surface area contributed by atoms with Crippen molar-refractivity contribution < 1.29 is 9.59 Å². The first-order chi connectivity index (χ1) is 14.5. The molecule has 4 rings (SSSR count). The predicted octanol–water partition coefficient (Wildman–Crippen LogP) is 3.88. The molecule has 152 valence electrons. The normalized spacial score (nSPS) is 16.2.